The van der Waals surface area contributed by atoms with Crippen LogP contribution in [-0.2, 0) is 21.2 Å². The molecule has 2 heterocycles. The SMILES string of the molecule is CCOC1(CCCCc2nc3cc(S(=O)(=O)N4CCC(c5ccccc5)CC4)ccc3[nH]c2=O)CC1. The normalized spacial score (nSPS) is 18.5. The highest BCUT2D eigenvalue weighted by atomic mass is 32.2. The van der Waals surface area contributed by atoms with Gasteiger partial charge >= 0.3 is 0 Å². The zero-order valence-electron chi connectivity index (χ0n) is 20.9. The van der Waals surface area contributed by atoms with Crippen molar-refractivity contribution in [1.29, 1.82) is 0 Å². The van der Waals surface area contributed by atoms with Crippen molar-refractivity contribution in [3.8, 4) is 0 Å². The van der Waals surface area contributed by atoms with Crippen LogP contribution >= 0.6 is 0 Å². The predicted octanol–water partition coefficient (Wildman–Crippen LogP) is 4.77. The van der Waals surface area contributed by atoms with Crippen LogP contribution in [0.25, 0.3) is 11.0 Å². The third-order valence-corrected chi connectivity index (χ3v) is 9.55. The Bertz CT molecular complexity index is 1360. The van der Waals surface area contributed by atoms with E-state index in [9.17, 15) is 13.2 Å². The number of nitrogens with zero attached hydrogens (tertiary/aromatic N) is 2. The Morgan fingerprint density at radius 2 is 1.83 bits per heavy atom. The standard InChI is InChI=1S/C28H35N3O4S/c1-2-35-28(16-17-28)15-7-6-10-25-27(32)30-24-12-11-23(20-26(24)29-25)36(33,34)31-18-13-22(14-19-31)21-8-4-3-5-9-21/h3-5,8-9,11-12,20,22H,2,6-7,10,13-19H2,1H3,(H,30,32). The monoisotopic (exact) mass is 509 g/mol. The maximum atomic E-state index is 13.4. The first-order chi connectivity index (χ1) is 17.4. The summed E-state index contributed by atoms with van der Waals surface area (Å²) in [6, 6.07) is 15.1. The van der Waals surface area contributed by atoms with Crippen molar-refractivity contribution >= 4 is 21.1 Å². The minimum atomic E-state index is -3.63. The second-order valence-corrected chi connectivity index (χ2v) is 12.0. The number of aromatic nitrogens is 2. The van der Waals surface area contributed by atoms with E-state index in [1.807, 2.05) is 25.1 Å². The Morgan fingerprint density at radius 3 is 2.53 bits per heavy atom. The molecule has 36 heavy (non-hydrogen) atoms. The van der Waals surface area contributed by atoms with E-state index in [-0.39, 0.29) is 16.1 Å². The number of nitrogens with one attached hydrogen (secondary N) is 1. The Labute approximate surface area is 213 Å². The summed E-state index contributed by atoms with van der Waals surface area (Å²) in [5, 5.41) is 0. The van der Waals surface area contributed by atoms with Crippen LogP contribution < -0.4 is 5.56 Å². The molecule has 2 fully saturated rings. The van der Waals surface area contributed by atoms with Gasteiger partial charge in [-0.25, -0.2) is 13.4 Å². The summed E-state index contributed by atoms with van der Waals surface area (Å²) in [5.74, 6) is 0.381. The van der Waals surface area contributed by atoms with Gasteiger partial charge in [-0.1, -0.05) is 36.8 Å². The van der Waals surface area contributed by atoms with Crippen molar-refractivity contribution in [1.82, 2.24) is 14.3 Å². The van der Waals surface area contributed by atoms with Gasteiger partial charge in [-0.05, 0) is 81.5 Å². The second kappa shape index (κ2) is 10.4. The summed E-state index contributed by atoms with van der Waals surface area (Å²) >= 11 is 0. The van der Waals surface area contributed by atoms with Gasteiger partial charge in [0.25, 0.3) is 5.56 Å². The van der Waals surface area contributed by atoms with E-state index < -0.39 is 10.0 Å². The smallest absolute Gasteiger partial charge is 0.270 e. The molecule has 0 bridgehead atoms. The lowest BCUT2D eigenvalue weighted by atomic mass is 9.90. The van der Waals surface area contributed by atoms with Gasteiger partial charge < -0.3 is 9.72 Å². The molecule has 1 saturated heterocycles. The number of hydrogen-bond acceptors (Lipinski definition) is 5. The molecule has 1 aliphatic heterocycles. The van der Waals surface area contributed by atoms with E-state index in [4.69, 9.17) is 4.74 Å². The lowest BCUT2D eigenvalue weighted by Crippen LogP contribution is -2.37. The van der Waals surface area contributed by atoms with Crippen molar-refractivity contribution in [2.24, 2.45) is 0 Å². The average molecular weight is 510 g/mol. The van der Waals surface area contributed by atoms with E-state index in [1.54, 1.807) is 22.5 Å². The highest BCUT2D eigenvalue weighted by molar-refractivity contribution is 7.89. The molecule has 0 atom stereocenters. The second-order valence-electron chi connectivity index (χ2n) is 10.1. The third-order valence-electron chi connectivity index (χ3n) is 7.65. The molecule has 0 unspecified atom stereocenters. The van der Waals surface area contributed by atoms with Crippen LogP contribution in [0.15, 0.2) is 58.2 Å². The Hall–Kier alpha value is -2.55. The Kier molecular flexibility index (Phi) is 7.28. The van der Waals surface area contributed by atoms with E-state index in [1.165, 1.54) is 5.56 Å². The maximum absolute atomic E-state index is 13.4. The van der Waals surface area contributed by atoms with Crippen LogP contribution in [0.5, 0.6) is 0 Å². The number of fused-ring (bicyclic) bond motifs is 1. The minimum absolute atomic E-state index is 0.0663. The zero-order chi connectivity index (χ0) is 25.2. The Morgan fingerprint density at radius 1 is 1.08 bits per heavy atom. The molecule has 5 rings (SSSR count). The number of unbranched alkanes of at least 4 members (excludes halogenated alkanes) is 1. The van der Waals surface area contributed by atoms with Gasteiger partial charge in [0.1, 0.15) is 5.69 Å². The highest BCUT2D eigenvalue weighted by Gasteiger charge is 2.42. The average Bonchev–Trinajstić information content (AvgIpc) is 3.66. The van der Waals surface area contributed by atoms with Gasteiger partial charge in [0.15, 0.2) is 0 Å². The van der Waals surface area contributed by atoms with Gasteiger partial charge in [-0.15, -0.1) is 0 Å². The summed E-state index contributed by atoms with van der Waals surface area (Å²) in [4.78, 5) is 20.2. The van der Waals surface area contributed by atoms with Crippen LogP contribution in [0, 0.1) is 0 Å². The fraction of sp³-hybridized carbons (Fsp3) is 0.500. The number of rotatable bonds is 10. The number of aromatic amines is 1. The fourth-order valence-corrected chi connectivity index (χ4v) is 6.88. The lowest BCUT2D eigenvalue weighted by molar-refractivity contribution is 0.0339. The van der Waals surface area contributed by atoms with E-state index >= 15 is 0 Å². The fourth-order valence-electron chi connectivity index (χ4n) is 5.39. The van der Waals surface area contributed by atoms with Gasteiger partial charge in [-0.3, -0.25) is 4.79 Å². The summed E-state index contributed by atoms with van der Waals surface area (Å²) in [6.45, 7) is 3.75. The minimum Gasteiger partial charge on any atom is -0.375 e. The van der Waals surface area contributed by atoms with Crippen molar-refractivity contribution in [2.45, 2.75) is 74.7 Å². The van der Waals surface area contributed by atoms with E-state index in [0.29, 0.717) is 42.2 Å². The van der Waals surface area contributed by atoms with Crippen molar-refractivity contribution in [3.63, 3.8) is 0 Å². The van der Waals surface area contributed by atoms with Crippen LogP contribution in [0.1, 0.15) is 69.0 Å². The Balaban J connectivity index is 1.26. The molecule has 192 valence electrons. The molecule has 1 aliphatic carbocycles. The van der Waals surface area contributed by atoms with Crippen LogP contribution in [0.4, 0.5) is 0 Å². The molecular weight excluding hydrogens is 474 g/mol. The van der Waals surface area contributed by atoms with Crippen molar-refractivity contribution < 1.29 is 13.2 Å². The summed E-state index contributed by atoms with van der Waals surface area (Å²) in [7, 11) is -3.63. The van der Waals surface area contributed by atoms with Crippen LogP contribution in [-0.4, -0.2) is 48.0 Å². The molecule has 7 nitrogen and oxygen atoms in total. The number of sulfonamides is 1. The summed E-state index contributed by atoms with van der Waals surface area (Å²) in [5.41, 5.74) is 2.66. The molecule has 2 aliphatic rings. The molecule has 0 radical (unpaired) electrons. The van der Waals surface area contributed by atoms with Gasteiger partial charge in [0.2, 0.25) is 10.0 Å². The van der Waals surface area contributed by atoms with Gasteiger partial charge in [0, 0.05) is 19.7 Å². The first-order valence-electron chi connectivity index (χ1n) is 13.1. The molecule has 0 amide bonds. The quantitative estimate of drug-likeness (QED) is 0.397. The predicted molar refractivity (Wildman–Crippen MR) is 141 cm³/mol. The van der Waals surface area contributed by atoms with E-state index in [0.717, 1.165) is 51.6 Å². The topological polar surface area (TPSA) is 92.4 Å². The molecule has 8 heteroatoms. The van der Waals surface area contributed by atoms with Crippen molar-refractivity contribution in [2.75, 3.05) is 19.7 Å². The maximum Gasteiger partial charge on any atom is 0.270 e. The number of benzene rings is 2. The molecule has 2 aromatic carbocycles. The summed E-state index contributed by atoms with van der Waals surface area (Å²) in [6.07, 6.45) is 7.26. The molecule has 1 N–H and O–H groups in total. The number of hydrogen-bond donors (Lipinski definition) is 1. The number of ether oxygens (including phenoxy) is 1. The zero-order valence-corrected chi connectivity index (χ0v) is 21.7. The van der Waals surface area contributed by atoms with E-state index in [2.05, 4.69) is 22.1 Å². The van der Waals surface area contributed by atoms with Gasteiger partial charge in [0.05, 0.1) is 21.5 Å². The van der Waals surface area contributed by atoms with Crippen LogP contribution in [0.3, 0.4) is 0 Å². The van der Waals surface area contributed by atoms with Gasteiger partial charge in [-0.2, -0.15) is 4.31 Å². The number of piperidine rings is 1. The number of aryl methyl sites for hydroxylation is 1. The first kappa shape index (κ1) is 25.1. The number of H-pyrrole nitrogens is 1. The largest absolute Gasteiger partial charge is 0.375 e. The van der Waals surface area contributed by atoms with Crippen molar-refractivity contribution in [3.05, 3.63) is 70.1 Å². The first-order valence-corrected chi connectivity index (χ1v) is 14.6. The highest BCUT2D eigenvalue weighted by Crippen LogP contribution is 2.43. The molecule has 0 spiro atoms. The van der Waals surface area contributed by atoms with Crippen LogP contribution in [0.2, 0.25) is 0 Å². The molecule has 3 aromatic rings. The summed E-state index contributed by atoms with van der Waals surface area (Å²) < 4.78 is 34.2. The third kappa shape index (κ3) is 5.41. The molecular formula is C28H35N3O4S. The lowest BCUT2D eigenvalue weighted by Gasteiger charge is -2.31. The molecule has 1 aromatic heterocycles. The molecule has 1 saturated carbocycles.